The van der Waals surface area contributed by atoms with Crippen LogP contribution in [0.5, 0.6) is 5.75 Å². The Balaban J connectivity index is 2.17. The number of sulfonamides is 1. The molecule has 6 nitrogen and oxygen atoms in total. The maximum Gasteiger partial charge on any atom is 0.243 e. The van der Waals surface area contributed by atoms with Crippen LogP contribution in [0.1, 0.15) is 59.3 Å². The van der Waals surface area contributed by atoms with Crippen LogP contribution in [0.4, 0.5) is 5.69 Å². The third kappa shape index (κ3) is 5.69. The van der Waals surface area contributed by atoms with Gasteiger partial charge in [-0.05, 0) is 37.5 Å². The molecule has 0 radical (unpaired) electrons. The zero-order valence-corrected chi connectivity index (χ0v) is 17.5. The number of carbonyl (C=O) groups excluding carboxylic acids is 1. The van der Waals surface area contributed by atoms with Crippen molar-refractivity contribution in [2.24, 2.45) is 5.92 Å². The summed E-state index contributed by atoms with van der Waals surface area (Å²) in [5, 5.41) is 2.86. The van der Waals surface area contributed by atoms with E-state index in [-0.39, 0.29) is 10.8 Å². The highest BCUT2D eigenvalue weighted by Gasteiger charge is 2.23. The highest BCUT2D eigenvalue weighted by atomic mass is 32.2. The number of rotatable bonds is 10. The van der Waals surface area contributed by atoms with Crippen LogP contribution < -0.4 is 10.1 Å². The van der Waals surface area contributed by atoms with Gasteiger partial charge in [0.05, 0.1) is 17.2 Å². The predicted molar refractivity (Wildman–Crippen MR) is 108 cm³/mol. The molecule has 0 heterocycles. The number of hydrogen-bond donors (Lipinski definition) is 1. The first-order chi connectivity index (χ1) is 12.9. The standard InChI is InChI=1S/C20H32N2O4S/c1-4-22(5-2)27(24,25)17-12-13-19(26-6-3)18(15-17)21-20(23)14-11-16-9-7-8-10-16/h12-13,15-16H,4-11,14H2,1-3H3,(H,21,23). The molecule has 1 N–H and O–H groups in total. The minimum Gasteiger partial charge on any atom is -0.492 e. The number of benzene rings is 1. The van der Waals surface area contributed by atoms with Gasteiger partial charge < -0.3 is 10.1 Å². The summed E-state index contributed by atoms with van der Waals surface area (Å²) < 4.78 is 32.5. The summed E-state index contributed by atoms with van der Waals surface area (Å²) in [5.74, 6) is 1.03. The number of nitrogens with zero attached hydrogens (tertiary/aromatic N) is 1. The Bertz CT molecular complexity index is 723. The van der Waals surface area contributed by atoms with E-state index in [0.717, 1.165) is 6.42 Å². The maximum atomic E-state index is 12.8. The first-order valence-corrected chi connectivity index (χ1v) is 11.4. The third-order valence-corrected chi connectivity index (χ3v) is 7.17. The number of hydrogen-bond acceptors (Lipinski definition) is 4. The Kier molecular flexibility index (Phi) is 8.10. The Labute approximate surface area is 163 Å². The number of carbonyl (C=O) groups is 1. The van der Waals surface area contributed by atoms with Crippen LogP contribution in [0.2, 0.25) is 0 Å². The molecule has 0 aromatic heterocycles. The molecule has 1 aromatic rings. The summed E-state index contributed by atoms with van der Waals surface area (Å²) in [6.45, 7) is 6.70. The van der Waals surface area contributed by atoms with Gasteiger partial charge in [0.15, 0.2) is 0 Å². The molecule has 1 saturated carbocycles. The van der Waals surface area contributed by atoms with Gasteiger partial charge in [0, 0.05) is 19.5 Å². The summed E-state index contributed by atoms with van der Waals surface area (Å²) in [7, 11) is -3.59. The highest BCUT2D eigenvalue weighted by molar-refractivity contribution is 7.89. The quantitative estimate of drug-likeness (QED) is 0.648. The molecule has 0 aliphatic heterocycles. The topological polar surface area (TPSA) is 75.7 Å². The van der Waals surface area contributed by atoms with E-state index in [1.807, 2.05) is 6.92 Å². The minimum atomic E-state index is -3.59. The van der Waals surface area contributed by atoms with Crippen LogP contribution >= 0.6 is 0 Å². The maximum absolute atomic E-state index is 12.8. The fourth-order valence-electron chi connectivity index (χ4n) is 3.61. The average molecular weight is 397 g/mol. The summed E-state index contributed by atoms with van der Waals surface area (Å²) in [5.41, 5.74) is 0.418. The highest BCUT2D eigenvalue weighted by Crippen LogP contribution is 2.31. The summed E-state index contributed by atoms with van der Waals surface area (Å²) >= 11 is 0. The normalized spacial score (nSPS) is 15.3. The minimum absolute atomic E-state index is 0.0970. The van der Waals surface area contributed by atoms with Crippen LogP contribution in [-0.4, -0.2) is 38.3 Å². The van der Waals surface area contributed by atoms with E-state index in [1.165, 1.54) is 42.1 Å². The van der Waals surface area contributed by atoms with Gasteiger partial charge in [-0.1, -0.05) is 39.5 Å². The van der Waals surface area contributed by atoms with Gasteiger partial charge in [-0.15, -0.1) is 0 Å². The smallest absolute Gasteiger partial charge is 0.243 e. The molecular weight excluding hydrogens is 364 g/mol. The lowest BCUT2D eigenvalue weighted by molar-refractivity contribution is -0.116. The van der Waals surface area contributed by atoms with E-state index < -0.39 is 10.0 Å². The average Bonchev–Trinajstić information content (AvgIpc) is 3.16. The molecule has 0 unspecified atom stereocenters. The largest absolute Gasteiger partial charge is 0.492 e. The molecule has 1 aromatic carbocycles. The molecule has 1 amide bonds. The van der Waals surface area contributed by atoms with Gasteiger partial charge in [0.2, 0.25) is 15.9 Å². The van der Waals surface area contributed by atoms with Gasteiger partial charge in [-0.3, -0.25) is 4.79 Å². The van der Waals surface area contributed by atoms with E-state index >= 15 is 0 Å². The predicted octanol–water partition coefficient (Wildman–Crippen LogP) is 4.02. The molecule has 1 fully saturated rings. The Morgan fingerprint density at radius 1 is 1.19 bits per heavy atom. The summed E-state index contributed by atoms with van der Waals surface area (Å²) in [6, 6.07) is 4.66. The van der Waals surface area contributed by atoms with E-state index in [1.54, 1.807) is 19.9 Å². The molecule has 1 aliphatic carbocycles. The third-order valence-electron chi connectivity index (χ3n) is 5.12. The molecule has 152 valence electrons. The van der Waals surface area contributed by atoms with Crippen molar-refractivity contribution in [3.63, 3.8) is 0 Å². The van der Waals surface area contributed by atoms with Gasteiger partial charge in [0.1, 0.15) is 5.75 Å². The Morgan fingerprint density at radius 3 is 2.44 bits per heavy atom. The zero-order chi connectivity index (χ0) is 19.9. The van der Waals surface area contributed by atoms with E-state index in [2.05, 4.69) is 5.32 Å². The summed E-state index contributed by atoms with van der Waals surface area (Å²) in [4.78, 5) is 12.6. The van der Waals surface area contributed by atoms with Crippen molar-refractivity contribution in [2.45, 2.75) is 64.2 Å². The second-order valence-electron chi connectivity index (χ2n) is 6.92. The van der Waals surface area contributed by atoms with E-state index in [4.69, 9.17) is 4.74 Å². The summed E-state index contributed by atoms with van der Waals surface area (Å²) in [6.07, 6.45) is 6.25. The molecule has 0 spiro atoms. The number of anilines is 1. The van der Waals surface area contributed by atoms with Crippen molar-refractivity contribution >= 4 is 21.6 Å². The SMILES string of the molecule is CCOc1ccc(S(=O)(=O)N(CC)CC)cc1NC(=O)CCC1CCCC1. The fraction of sp³-hybridized carbons (Fsp3) is 0.650. The first kappa shape index (κ1) is 21.7. The van der Waals surface area contributed by atoms with Crippen molar-refractivity contribution < 1.29 is 17.9 Å². The van der Waals surface area contributed by atoms with Crippen molar-refractivity contribution in [2.75, 3.05) is 25.0 Å². The molecule has 27 heavy (non-hydrogen) atoms. The van der Waals surface area contributed by atoms with Gasteiger partial charge >= 0.3 is 0 Å². The lowest BCUT2D eigenvalue weighted by atomic mass is 10.0. The molecule has 1 aliphatic rings. The fourth-order valence-corrected chi connectivity index (χ4v) is 5.09. The molecule has 0 saturated heterocycles. The Hall–Kier alpha value is -1.60. The molecular formula is C20H32N2O4S. The number of nitrogens with one attached hydrogen (secondary N) is 1. The van der Waals surface area contributed by atoms with Crippen LogP contribution in [0.25, 0.3) is 0 Å². The Morgan fingerprint density at radius 2 is 1.85 bits per heavy atom. The second kappa shape index (κ2) is 10.1. The monoisotopic (exact) mass is 396 g/mol. The van der Waals surface area contributed by atoms with Crippen LogP contribution in [0.15, 0.2) is 23.1 Å². The van der Waals surface area contributed by atoms with Crippen molar-refractivity contribution in [1.29, 1.82) is 0 Å². The van der Waals surface area contributed by atoms with Crippen LogP contribution in [0.3, 0.4) is 0 Å². The van der Waals surface area contributed by atoms with Gasteiger partial charge in [0.25, 0.3) is 0 Å². The molecule has 0 bridgehead atoms. The lowest BCUT2D eigenvalue weighted by Crippen LogP contribution is -2.30. The lowest BCUT2D eigenvalue weighted by Gasteiger charge is -2.20. The van der Waals surface area contributed by atoms with Crippen molar-refractivity contribution in [3.05, 3.63) is 18.2 Å². The van der Waals surface area contributed by atoms with Gasteiger partial charge in [-0.25, -0.2) is 8.42 Å². The van der Waals surface area contributed by atoms with Gasteiger partial charge in [-0.2, -0.15) is 4.31 Å². The zero-order valence-electron chi connectivity index (χ0n) is 16.7. The second-order valence-corrected chi connectivity index (χ2v) is 8.86. The van der Waals surface area contributed by atoms with E-state index in [9.17, 15) is 13.2 Å². The van der Waals surface area contributed by atoms with Crippen molar-refractivity contribution in [3.8, 4) is 5.75 Å². The molecule has 7 heteroatoms. The number of amides is 1. The molecule has 0 atom stereocenters. The van der Waals surface area contributed by atoms with Crippen LogP contribution in [-0.2, 0) is 14.8 Å². The van der Waals surface area contributed by atoms with Crippen LogP contribution in [0, 0.1) is 5.92 Å². The van der Waals surface area contributed by atoms with E-state index in [0.29, 0.717) is 43.5 Å². The molecule has 2 rings (SSSR count). The first-order valence-electron chi connectivity index (χ1n) is 9.99. The van der Waals surface area contributed by atoms with Crippen molar-refractivity contribution in [1.82, 2.24) is 4.31 Å². The number of ether oxygens (including phenoxy) is 1.